The number of rotatable bonds is 3. The molecule has 0 heterocycles. The minimum absolute atomic E-state index is 0.195. The first-order valence-corrected chi connectivity index (χ1v) is 6.96. The predicted octanol–water partition coefficient (Wildman–Crippen LogP) is 3.83. The molecule has 0 amide bonds. The van der Waals surface area contributed by atoms with E-state index in [4.69, 9.17) is 4.74 Å². The van der Waals surface area contributed by atoms with E-state index in [2.05, 4.69) is 6.58 Å². The van der Waals surface area contributed by atoms with Crippen LogP contribution in [0, 0.1) is 11.7 Å². The van der Waals surface area contributed by atoms with Crippen LogP contribution in [-0.2, 0) is 22.4 Å². The first-order chi connectivity index (χ1) is 9.29. The minimum atomic E-state index is -0.569. The van der Waals surface area contributed by atoms with Gasteiger partial charge in [-0.15, -0.1) is 0 Å². The molecule has 0 radical (unpaired) electrons. The van der Waals surface area contributed by atoms with Crippen LogP contribution in [0.5, 0.6) is 0 Å². The number of hydrogen-bond donors (Lipinski definition) is 0. The molecule has 1 aromatic carbocycles. The number of benzene rings is 1. The number of ether oxygens (including phenoxy) is 1. The van der Waals surface area contributed by atoms with Gasteiger partial charge in [0.15, 0.2) is 0 Å². The summed E-state index contributed by atoms with van der Waals surface area (Å²) >= 11 is 0. The largest absolute Gasteiger partial charge is 0.456 e. The van der Waals surface area contributed by atoms with Crippen molar-refractivity contribution in [2.75, 3.05) is 0 Å². The van der Waals surface area contributed by atoms with E-state index in [9.17, 15) is 9.18 Å². The van der Waals surface area contributed by atoms with Crippen molar-refractivity contribution in [3.8, 4) is 0 Å². The molecule has 20 heavy (non-hydrogen) atoms. The molecule has 1 atom stereocenters. The molecule has 1 aromatic rings. The van der Waals surface area contributed by atoms with Crippen LogP contribution < -0.4 is 0 Å². The molecule has 0 spiro atoms. The van der Waals surface area contributed by atoms with Gasteiger partial charge in [-0.3, -0.25) is 0 Å². The van der Waals surface area contributed by atoms with Crippen molar-refractivity contribution in [1.29, 1.82) is 0 Å². The second kappa shape index (κ2) is 5.39. The Morgan fingerprint density at radius 3 is 2.75 bits per heavy atom. The fourth-order valence-corrected chi connectivity index (χ4v) is 2.73. The lowest BCUT2D eigenvalue weighted by molar-refractivity contribution is -0.157. The first kappa shape index (κ1) is 14.8. The number of carbonyl (C=O) groups is 1. The topological polar surface area (TPSA) is 26.3 Å². The molecule has 1 aliphatic rings. The maximum Gasteiger partial charge on any atom is 0.333 e. The summed E-state index contributed by atoms with van der Waals surface area (Å²) in [6, 6.07) is 4.96. The Bertz CT molecular complexity index is 546. The molecule has 0 saturated carbocycles. The molecule has 0 bridgehead atoms. The lowest BCUT2D eigenvalue weighted by Crippen LogP contribution is -2.40. The summed E-state index contributed by atoms with van der Waals surface area (Å²) in [6.07, 6.45) is 2.58. The van der Waals surface area contributed by atoms with Crippen LogP contribution in [0.15, 0.2) is 30.4 Å². The van der Waals surface area contributed by atoms with Gasteiger partial charge >= 0.3 is 5.97 Å². The zero-order valence-corrected chi connectivity index (χ0v) is 12.3. The molecule has 1 aliphatic carbocycles. The van der Waals surface area contributed by atoms with Crippen molar-refractivity contribution in [3.05, 3.63) is 47.3 Å². The van der Waals surface area contributed by atoms with Crippen molar-refractivity contribution in [1.82, 2.24) is 0 Å². The second-order valence-electron chi connectivity index (χ2n) is 6.13. The van der Waals surface area contributed by atoms with Crippen molar-refractivity contribution < 1.29 is 13.9 Å². The van der Waals surface area contributed by atoms with E-state index in [1.165, 1.54) is 11.6 Å². The quantitative estimate of drug-likeness (QED) is 0.619. The summed E-state index contributed by atoms with van der Waals surface area (Å²) in [5.41, 5.74) is 2.06. The monoisotopic (exact) mass is 276 g/mol. The highest BCUT2D eigenvalue weighted by atomic mass is 19.1. The van der Waals surface area contributed by atoms with Crippen LogP contribution in [0.1, 0.15) is 38.3 Å². The van der Waals surface area contributed by atoms with E-state index < -0.39 is 5.60 Å². The van der Waals surface area contributed by atoms with Gasteiger partial charge < -0.3 is 4.74 Å². The maximum atomic E-state index is 13.3. The lowest BCUT2D eigenvalue weighted by Gasteiger charge is -2.37. The SMILES string of the molecule is C=C(C)C(=O)OC(C)(C)C1CCc2ccc(F)cc2C1. The van der Waals surface area contributed by atoms with Crippen LogP contribution in [0.3, 0.4) is 0 Å². The average molecular weight is 276 g/mol. The van der Waals surface area contributed by atoms with E-state index in [-0.39, 0.29) is 17.7 Å². The highest BCUT2D eigenvalue weighted by Crippen LogP contribution is 2.35. The van der Waals surface area contributed by atoms with Crippen LogP contribution in [0.2, 0.25) is 0 Å². The minimum Gasteiger partial charge on any atom is -0.456 e. The zero-order valence-electron chi connectivity index (χ0n) is 12.3. The molecule has 1 unspecified atom stereocenters. The maximum absolute atomic E-state index is 13.3. The smallest absolute Gasteiger partial charge is 0.333 e. The van der Waals surface area contributed by atoms with Gasteiger partial charge in [0, 0.05) is 11.5 Å². The van der Waals surface area contributed by atoms with Crippen molar-refractivity contribution >= 4 is 5.97 Å². The van der Waals surface area contributed by atoms with E-state index in [1.807, 2.05) is 19.9 Å². The molecule has 0 aliphatic heterocycles. The molecule has 2 rings (SSSR count). The average Bonchev–Trinajstić information content (AvgIpc) is 2.37. The Hall–Kier alpha value is -1.64. The summed E-state index contributed by atoms with van der Waals surface area (Å²) in [4.78, 5) is 11.7. The van der Waals surface area contributed by atoms with Gasteiger partial charge in [0.05, 0.1) is 0 Å². The van der Waals surface area contributed by atoms with E-state index >= 15 is 0 Å². The molecular weight excluding hydrogens is 255 g/mol. The van der Waals surface area contributed by atoms with E-state index in [0.717, 1.165) is 24.8 Å². The van der Waals surface area contributed by atoms with Crippen molar-refractivity contribution in [2.45, 2.75) is 45.6 Å². The third kappa shape index (κ3) is 3.09. The normalized spacial score (nSPS) is 18.3. The third-order valence-electron chi connectivity index (χ3n) is 4.08. The van der Waals surface area contributed by atoms with Gasteiger partial charge in [-0.2, -0.15) is 0 Å². The lowest BCUT2D eigenvalue weighted by atomic mass is 9.76. The van der Waals surface area contributed by atoms with Gasteiger partial charge in [-0.25, -0.2) is 9.18 Å². The summed E-state index contributed by atoms with van der Waals surface area (Å²) in [7, 11) is 0. The summed E-state index contributed by atoms with van der Waals surface area (Å²) in [6.45, 7) is 9.09. The molecule has 0 N–H and O–H groups in total. The molecule has 0 aromatic heterocycles. The van der Waals surface area contributed by atoms with Gasteiger partial charge in [-0.1, -0.05) is 12.6 Å². The van der Waals surface area contributed by atoms with Gasteiger partial charge in [-0.05, 0) is 63.3 Å². The summed E-state index contributed by atoms with van der Waals surface area (Å²) < 4.78 is 18.9. The number of halogens is 1. The molecule has 0 fully saturated rings. The molecule has 3 heteroatoms. The number of aryl methyl sites for hydroxylation is 1. The number of hydrogen-bond acceptors (Lipinski definition) is 2. The van der Waals surface area contributed by atoms with Crippen LogP contribution in [0.25, 0.3) is 0 Å². The molecule has 108 valence electrons. The molecule has 0 saturated heterocycles. The highest BCUT2D eigenvalue weighted by Gasteiger charge is 2.35. The number of carbonyl (C=O) groups excluding carboxylic acids is 1. The Kier molecular flexibility index (Phi) is 3.98. The van der Waals surface area contributed by atoms with Crippen molar-refractivity contribution in [3.63, 3.8) is 0 Å². The molecular formula is C17H21FO2. The van der Waals surface area contributed by atoms with Crippen molar-refractivity contribution in [2.24, 2.45) is 5.92 Å². The summed E-state index contributed by atoms with van der Waals surface area (Å²) in [5.74, 6) is -0.374. The predicted molar refractivity (Wildman–Crippen MR) is 76.9 cm³/mol. The first-order valence-electron chi connectivity index (χ1n) is 6.96. The number of fused-ring (bicyclic) bond motifs is 1. The zero-order chi connectivity index (χ0) is 14.9. The molecule has 2 nitrogen and oxygen atoms in total. The van der Waals surface area contributed by atoms with E-state index in [0.29, 0.717) is 5.57 Å². The second-order valence-corrected chi connectivity index (χ2v) is 6.13. The Morgan fingerprint density at radius 1 is 1.40 bits per heavy atom. The van der Waals surface area contributed by atoms with Crippen LogP contribution >= 0.6 is 0 Å². The van der Waals surface area contributed by atoms with Gasteiger partial charge in [0.1, 0.15) is 11.4 Å². The summed E-state index contributed by atoms with van der Waals surface area (Å²) in [5, 5.41) is 0. The Labute approximate surface area is 119 Å². The van der Waals surface area contributed by atoms with Gasteiger partial charge in [0.2, 0.25) is 0 Å². The standard InChI is InChI=1S/C17H21FO2/c1-11(2)16(19)20-17(3,4)14-7-5-12-6-8-15(18)10-13(12)9-14/h6,8,10,14H,1,5,7,9H2,2-4H3. The fourth-order valence-electron chi connectivity index (χ4n) is 2.73. The van der Waals surface area contributed by atoms with Crippen LogP contribution in [-0.4, -0.2) is 11.6 Å². The number of esters is 1. The highest BCUT2D eigenvalue weighted by molar-refractivity contribution is 5.87. The van der Waals surface area contributed by atoms with E-state index in [1.54, 1.807) is 13.0 Å². The third-order valence-corrected chi connectivity index (χ3v) is 4.08. The Balaban J connectivity index is 2.15. The van der Waals surface area contributed by atoms with Crippen LogP contribution in [0.4, 0.5) is 4.39 Å². The van der Waals surface area contributed by atoms with Gasteiger partial charge in [0.25, 0.3) is 0 Å². The Morgan fingerprint density at radius 2 is 2.10 bits per heavy atom. The fraction of sp³-hybridized carbons (Fsp3) is 0.471.